The second kappa shape index (κ2) is 11.4. The monoisotopic (exact) mass is 565 g/mol. The van der Waals surface area contributed by atoms with E-state index in [-0.39, 0.29) is 22.9 Å². The van der Waals surface area contributed by atoms with Crippen LogP contribution in [0.4, 0.5) is 23.2 Å². The quantitative estimate of drug-likeness (QED) is 0.325. The predicted octanol–water partition coefficient (Wildman–Crippen LogP) is 4.44. The number of carbonyl (C=O) groups excluding carboxylic acids is 3. The van der Waals surface area contributed by atoms with Gasteiger partial charge >= 0.3 is 6.18 Å². The number of anilines is 1. The van der Waals surface area contributed by atoms with Crippen LogP contribution in [0.2, 0.25) is 0 Å². The first-order valence-electron chi connectivity index (χ1n) is 13.1. The molecule has 0 radical (unpaired) electrons. The third-order valence-electron chi connectivity index (χ3n) is 7.12. The molecular weight excluding hydrogens is 534 g/mol. The van der Waals surface area contributed by atoms with Gasteiger partial charge in [-0.25, -0.2) is 9.02 Å². The fourth-order valence-electron chi connectivity index (χ4n) is 4.84. The highest BCUT2D eigenvalue weighted by Crippen LogP contribution is 2.46. The average Bonchev–Trinajstić information content (AvgIpc) is 3.82. The number of carbonyl (C=O) groups is 3. The van der Waals surface area contributed by atoms with Gasteiger partial charge in [0.1, 0.15) is 24.1 Å². The number of allylic oxidation sites excluding steroid dienone is 1. The Morgan fingerprint density at radius 1 is 1.18 bits per heavy atom. The van der Waals surface area contributed by atoms with Crippen molar-refractivity contribution in [3.05, 3.63) is 51.6 Å². The molecule has 216 valence electrons. The van der Waals surface area contributed by atoms with Crippen LogP contribution in [0.3, 0.4) is 0 Å². The van der Waals surface area contributed by atoms with Gasteiger partial charge in [-0.15, -0.1) is 0 Å². The summed E-state index contributed by atoms with van der Waals surface area (Å²) in [6.07, 6.45) is -0.796. The molecule has 0 saturated heterocycles. The molecule has 2 aliphatic rings. The highest BCUT2D eigenvalue weighted by molar-refractivity contribution is 6.02. The van der Waals surface area contributed by atoms with Crippen molar-refractivity contribution in [1.29, 1.82) is 0 Å². The Balaban J connectivity index is 1.56. The maximum atomic E-state index is 15.2. The molecule has 0 bridgehead atoms. The molecule has 1 aromatic heterocycles. The van der Waals surface area contributed by atoms with Crippen molar-refractivity contribution in [3.8, 4) is 0 Å². The zero-order valence-corrected chi connectivity index (χ0v) is 22.6. The van der Waals surface area contributed by atoms with Gasteiger partial charge in [0.25, 0.3) is 11.8 Å². The highest BCUT2D eigenvalue weighted by atomic mass is 19.4. The first-order chi connectivity index (χ1) is 18.8. The van der Waals surface area contributed by atoms with Crippen molar-refractivity contribution >= 4 is 23.4 Å². The second-order valence-electron chi connectivity index (χ2n) is 10.4. The van der Waals surface area contributed by atoms with Crippen molar-refractivity contribution in [1.82, 2.24) is 20.5 Å². The second-order valence-corrected chi connectivity index (χ2v) is 10.4. The molecule has 1 aromatic carbocycles. The van der Waals surface area contributed by atoms with E-state index in [0.29, 0.717) is 22.6 Å². The molecule has 4 rings (SSSR count). The SMILES string of the molecule is CCc1nonc1C(=O)N[C@H](C(=O)Nc1cc(C)c(C(C)C(=O)N(C)CC(F)(F)F)cc1F)C(=C1CC1)C1CC1. The summed E-state index contributed by atoms with van der Waals surface area (Å²) in [5.74, 6) is -3.88. The van der Waals surface area contributed by atoms with Gasteiger partial charge in [0.15, 0.2) is 5.69 Å². The number of nitrogens with zero attached hydrogens (tertiary/aromatic N) is 3. The predicted molar refractivity (Wildman–Crippen MR) is 136 cm³/mol. The van der Waals surface area contributed by atoms with Crippen LogP contribution in [0, 0.1) is 18.7 Å². The number of hydrogen-bond acceptors (Lipinski definition) is 6. The van der Waals surface area contributed by atoms with Crippen LogP contribution in [0.1, 0.15) is 72.8 Å². The molecule has 13 heteroatoms. The summed E-state index contributed by atoms with van der Waals surface area (Å²) in [5.41, 5.74) is 2.64. The van der Waals surface area contributed by atoms with E-state index < -0.39 is 48.2 Å². The first kappa shape index (κ1) is 29.2. The normalized spacial score (nSPS) is 16.2. The number of rotatable bonds is 10. The van der Waals surface area contributed by atoms with Gasteiger partial charge in [-0.1, -0.05) is 17.7 Å². The topological polar surface area (TPSA) is 117 Å². The van der Waals surface area contributed by atoms with Crippen LogP contribution in [0.5, 0.6) is 0 Å². The lowest BCUT2D eigenvalue weighted by Crippen LogP contribution is -2.46. The van der Waals surface area contributed by atoms with Crippen molar-refractivity contribution in [2.45, 2.75) is 71.0 Å². The van der Waals surface area contributed by atoms with Crippen LogP contribution in [-0.2, 0) is 16.0 Å². The number of hydrogen-bond donors (Lipinski definition) is 2. The van der Waals surface area contributed by atoms with E-state index in [1.54, 1.807) is 13.8 Å². The molecule has 1 heterocycles. The van der Waals surface area contributed by atoms with Gasteiger partial charge < -0.3 is 15.5 Å². The summed E-state index contributed by atoms with van der Waals surface area (Å²) in [6, 6.07) is 1.29. The molecule has 0 aliphatic heterocycles. The van der Waals surface area contributed by atoms with Crippen molar-refractivity contribution in [3.63, 3.8) is 0 Å². The smallest absolute Gasteiger partial charge is 0.336 e. The highest BCUT2D eigenvalue weighted by Gasteiger charge is 2.40. The maximum absolute atomic E-state index is 15.2. The molecule has 2 atom stereocenters. The minimum Gasteiger partial charge on any atom is -0.336 e. The number of aryl methyl sites for hydroxylation is 2. The Morgan fingerprint density at radius 2 is 1.85 bits per heavy atom. The minimum atomic E-state index is -4.57. The number of likely N-dealkylation sites (N-methyl/N-ethyl adjacent to an activating group) is 1. The largest absolute Gasteiger partial charge is 0.406 e. The summed E-state index contributed by atoms with van der Waals surface area (Å²) < 4.78 is 58.1. The van der Waals surface area contributed by atoms with Crippen molar-refractivity contribution < 1.29 is 36.6 Å². The zero-order valence-electron chi connectivity index (χ0n) is 22.6. The molecular formula is C27H31F4N5O4. The number of benzene rings is 1. The van der Waals surface area contributed by atoms with Gasteiger partial charge in [-0.3, -0.25) is 14.4 Å². The van der Waals surface area contributed by atoms with Gasteiger partial charge in [0.05, 0.1) is 11.6 Å². The molecule has 2 aromatic rings. The van der Waals surface area contributed by atoms with E-state index in [9.17, 15) is 27.6 Å². The third-order valence-corrected chi connectivity index (χ3v) is 7.12. The lowest BCUT2D eigenvalue weighted by molar-refractivity contribution is -0.159. The fourth-order valence-corrected chi connectivity index (χ4v) is 4.84. The first-order valence-corrected chi connectivity index (χ1v) is 13.1. The molecule has 2 N–H and O–H groups in total. The number of aromatic nitrogens is 2. The fraction of sp³-hybridized carbons (Fsp3) is 0.519. The molecule has 40 heavy (non-hydrogen) atoms. The number of nitrogens with one attached hydrogen (secondary N) is 2. The standard InChI is InChI=1S/C27H31F4N5O4/c1-5-19-22(35-40-34-19)24(37)33-23(21(15-6-7-15)16-8-9-16)25(38)32-20-10-13(2)17(11-18(20)28)14(3)26(39)36(4)12-27(29,30)31/h10-11,14-15,23H,5-9,12H2,1-4H3,(H,32,38)(H,33,37)/t14?,23-/m0/s1. The Hall–Kier alpha value is -3.77. The average molecular weight is 566 g/mol. The maximum Gasteiger partial charge on any atom is 0.406 e. The molecule has 1 unspecified atom stereocenters. The van der Waals surface area contributed by atoms with E-state index >= 15 is 4.39 Å². The molecule has 3 amide bonds. The van der Waals surface area contributed by atoms with Gasteiger partial charge in [-0.2, -0.15) is 13.2 Å². The van der Waals surface area contributed by atoms with Crippen LogP contribution in [-0.4, -0.2) is 58.7 Å². The Kier molecular flexibility index (Phi) is 8.31. The van der Waals surface area contributed by atoms with Crippen LogP contribution >= 0.6 is 0 Å². The summed E-state index contributed by atoms with van der Waals surface area (Å²) >= 11 is 0. The van der Waals surface area contributed by atoms with Crippen LogP contribution in [0.25, 0.3) is 0 Å². The Labute approximate surface area is 228 Å². The Morgan fingerprint density at radius 3 is 2.42 bits per heavy atom. The van der Waals surface area contributed by atoms with E-state index in [4.69, 9.17) is 0 Å². The van der Waals surface area contributed by atoms with Crippen molar-refractivity contribution in [2.75, 3.05) is 18.9 Å². The van der Waals surface area contributed by atoms with Crippen LogP contribution < -0.4 is 10.6 Å². The summed E-state index contributed by atoms with van der Waals surface area (Å²) in [4.78, 5) is 39.7. The van der Waals surface area contributed by atoms with E-state index in [1.807, 2.05) is 0 Å². The zero-order chi connectivity index (χ0) is 29.4. The molecule has 2 fully saturated rings. The molecule has 2 aliphatic carbocycles. The number of halogens is 4. The number of alkyl halides is 3. The molecule has 9 nitrogen and oxygen atoms in total. The lowest BCUT2D eigenvalue weighted by Gasteiger charge is -2.24. The lowest BCUT2D eigenvalue weighted by atomic mass is 9.94. The van der Waals surface area contributed by atoms with Crippen LogP contribution in [0.15, 0.2) is 27.9 Å². The molecule has 2 saturated carbocycles. The van der Waals surface area contributed by atoms with Gasteiger partial charge in [0.2, 0.25) is 5.91 Å². The number of amides is 3. The minimum absolute atomic E-state index is 0.0308. The van der Waals surface area contributed by atoms with Gasteiger partial charge in [0, 0.05) is 7.05 Å². The molecule has 0 spiro atoms. The van der Waals surface area contributed by atoms with Gasteiger partial charge in [-0.05, 0) is 85.9 Å². The van der Waals surface area contributed by atoms with Crippen molar-refractivity contribution in [2.24, 2.45) is 5.92 Å². The van der Waals surface area contributed by atoms with E-state index in [1.165, 1.54) is 13.0 Å². The summed E-state index contributed by atoms with van der Waals surface area (Å²) in [6.45, 7) is 3.32. The summed E-state index contributed by atoms with van der Waals surface area (Å²) in [7, 11) is 1.03. The third kappa shape index (κ3) is 6.68. The summed E-state index contributed by atoms with van der Waals surface area (Å²) in [5, 5.41) is 12.7. The van der Waals surface area contributed by atoms with E-state index in [2.05, 4.69) is 25.6 Å². The Bertz CT molecular complexity index is 1340. The van der Waals surface area contributed by atoms with E-state index in [0.717, 1.165) is 49.9 Å².